The van der Waals surface area contributed by atoms with Crippen LogP contribution in [0, 0.1) is 0 Å². The molecule has 0 aliphatic heterocycles. The largest absolute Gasteiger partial charge is 0.497 e. The fraction of sp³-hybridized carbons (Fsp3) is 0.0769. The van der Waals surface area contributed by atoms with Gasteiger partial charge >= 0.3 is 0 Å². The van der Waals surface area contributed by atoms with E-state index in [2.05, 4.69) is 30.9 Å². The summed E-state index contributed by atoms with van der Waals surface area (Å²) in [4.78, 5) is 11.9. The van der Waals surface area contributed by atoms with Gasteiger partial charge in [0.05, 0.1) is 12.6 Å². The lowest BCUT2D eigenvalue weighted by atomic mass is 10.2. The third-order valence-corrected chi connectivity index (χ3v) is 3.10. The second kappa shape index (κ2) is 4.42. The number of benzene rings is 1. The molecule has 0 bridgehead atoms. The van der Waals surface area contributed by atoms with E-state index in [-0.39, 0.29) is 0 Å². The van der Waals surface area contributed by atoms with E-state index in [4.69, 9.17) is 4.74 Å². The molecule has 0 atom stereocenters. The zero-order valence-corrected chi connectivity index (χ0v) is 11.2. The van der Waals surface area contributed by atoms with Crippen LogP contribution in [-0.2, 0) is 0 Å². The highest BCUT2D eigenvalue weighted by molar-refractivity contribution is 9.10. The van der Waals surface area contributed by atoms with E-state index >= 15 is 0 Å². The van der Waals surface area contributed by atoms with Crippen molar-refractivity contribution < 1.29 is 4.74 Å². The number of hydrogen-bond donors (Lipinski definition) is 1. The fourth-order valence-electron chi connectivity index (χ4n) is 1.76. The summed E-state index contributed by atoms with van der Waals surface area (Å²) in [5.41, 5.74) is 2.63. The van der Waals surface area contributed by atoms with Gasteiger partial charge in [-0.2, -0.15) is 0 Å². The molecule has 0 amide bonds. The standard InChI is InChI=1S/C13H10BrN3O/c1-18-10-4-2-8(3-5-10)12-16-11-6-9(14)7-15-13(11)17-12/h2-7H,1H3,(H,15,16,17). The number of ether oxygens (including phenoxy) is 1. The number of hydrogen-bond acceptors (Lipinski definition) is 3. The van der Waals surface area contributed by atoms with Gasteiger partial charge in [-0.05, 0) is 46.3 Å². The molecule has 3 aromatic rings. The fourth-order valence-corrected chi connectivity index (χ4v) is 2.09. The molecular formula is C13H10BrN3O. The Labute approximate surface area is 112 Å². The number of fused-ring (bicyclic) bond motifs is 1. The summed E-state index contributed by atoms with van der Waals surface area (Å²) in [6.45, 7) is 0. The van der Waals surface area contributed by atoms with Gasteiger partial charge in [0.25, 0.3) is 0 Å². The van der Waals surface area contributed by atoms with E-state index in [9.17, 15) is 0 Å². The monoisotopic (exact) mass is 303 g/mol. The normalized spacial score (nSPS) is 10.8. The van der Waals surface area contributed by atoms with Crippen LogP contribution in [0.5, 0.6) is 5.75 Å². The van der Waals surface area contributed by atoms with Gasteiger partial charge in [0, 0.05) is 16.2 Å². The van der Waals surface area contributed by atoms with Gasteiger partial charge in [-0.15, -0.1) is 0 Å². The number of nitrogens with one attached hydrogen (secondary N) is 1. The van der Waals surface area contributed by atoms with Crippen molar-refractivity contribution in [2.45, 2.75) is 0 Å². The van der Waals surface area contributed by atoms with Crippen molar-refractivity contribution in [2.75, 3.05) is 7.11 Å². The third kappa shape index (κ3) is 1.97. The molecule has 0 saturated carbocycles. The minimum Gasteiger partial charge on any atom is -0.497 e. The highest BCUT2D eigenvalue weighted by Crippen LogP contribution is 2.23. The van der Waals surface area contributed by atoms with Crippen molar-refractivity contribution >= 4 is 27.1 Å². The maximum absolute atomic E-state index is 5.13. The first-order chi connectivity index (χ1) is 8.76. The van der Waals surface area contributed by atoms with E-state index in [0.29, 0.717) is 5.65 Å². The van der Waals surface area contributed by atoms with E-state index < -0.39 is 0 Å². The van der Waals surface area contributed by atoms with Crippen molar-refractivity contribution in [1.29, 1.82) is 0 Å². The molecule has 0 spiro atoms. The second-order valence-corrected chi connectivity index (χ2v) is 4.75. The Bertz CT molecular complexity index is 691. The Morgan fingerprint density at radius 1 is 1.22 bits per heavy atom. The third-order valence-electron chi connectivity index (χ3n) is 2.67. The van der Waals surface area contributed by atoms with Crippen LogP contribution in [0.3, 0.4) is 0 Å². The Morgan fingerprint density at radius 2 is 2.00 bits per heavy atom. The van der Waals surface area contributed by atoms with Crippen LogP contribution in [0.4, 0.5) is 0 Å². The van der Waals surface area contributed by atoms with Crippen LogP contribution in [0.1, 0.15) is 0 Å². The minimum absolute atomic E-state index is 0.712. The lowest BCUT2D eigenvalue weighted by Crippen LogP contribution is -1.83. The molecule has 2 heterocycles. The van der Waals surface area contributed by atoms with Crippen LogP contribution >= 0.6 is 15.9 Å². The maximum atomic E-state index is 5.13. The molecule has 5 heteroatoms. The van der Waals surface area contributed by atoms with Gasteiger partial charge in [-0.1, -0.05) is 0 Å². The van der Waals surface area contributed by atoms with Crippen molar-refractivity contribution in [3.63, 3.8) is 0 Å². The average Bonchev–Trinajstić information content (AvgIpc) is 2.81. The van der Waals surface area contributed by atoms with Crippen molar-refractivity contribution in [1.82, 2.24) is 15.0 Å². The smallest absolute Gasteiger partial charge is 0.178 e. The zero-order chi connectivity index (χ0) is 12.5. The molecule has 1 N–H and O–H groups in total. The number of pyridine rings is 1. The molecule has 4 nitrogen and oxygen atoms in total. The number of methoxy groups -OCH3 is 1. The van der Waals surface area contributed by atoms with Gasteiger partial charge in [0.15, 0.2) is 5.65 Å². The zero-order valence-electron chi connectivity index (χ0n) is 9.64. The van der Waals surface area contributed by atoms with Crippen molar-refractivity contribution in [3.05, 3.63) is 41.0 Å². The molecule has 0 saturated heterocycles. The number of imidazole rings is 1. The van der Waals surface area contributed by atoms with Crippen LogP contribution in [0.2, 0.25) is 0 Å². The SMILES string of the molecule is COc1ccc(-c2nc3ncc(Br)cc3[nH]2)cc1. The summed E-state index contributed by atoms with van der Waals surface area (Å²) in [6.07, 6.45) is 1.74. The average molecular weight is 304 g/mol. The molecule has 2 aromatic heterocycles. The number of aromatic amines is 1. The molecule has 1 aromatic carbocycles. The lowest BCUT2D eigenvalue weighted by Gasteiger charge is -2.00. The summed E-state index contributed by atoms with van der Waals surface area (Å²) >= 11 is 3.39. The predicted octanol–water partition coefficient (Wildman–Crippen LogP) is 3.40. The van der Waals surface area contributed by atoms with E-state index in [1.807, 2.05) is 30.3 Å². The van der Waals surface area contributed by atoms with Gasteiger partial charge in [-0.25, -0.2) is 9.97 Å². The first kappa shape index (κ1) is 11.2. The van der Waals surface area contributed by atoms with Crippen molar-refractivity contribution in [2.24, 2.45) is 0 Å². The van der Waals surface area contributed by atoms with Gasteiger partial charge in [-0.3, -0.25) is 0 Å². The number of nitrogens with zero attached hydrogens (tertiary/aromatic N) is 2. The lowest BCUT2D eigenvalue weighted by molar-refractivity contribution is 0.415. The topological polar surface area (TPSA) is 50.8 Å². The van der Waals surface area contributed by atoms with Crippen LogP contribution < -0.4 is 4.74 Å². The molecule has 3 rings (SSSR count). The molecule has 0 aliphatic rings. The highest BCUT2D eigenvalue weighted by atomic mass is 79.9. The van der Waals surface area contributed by atoms with E-state index in [0.717, 1.165) is 27.1 Å². The molecule has 0 aliphatic carbocycles. The first-order valence-corrected chi connectivity index (χ1v) is 6.21. The molecular weight excluding hydrogens is 294 g/mol. The summed E-state index contributed by atoms with van der Waals surface area (Å²) in [6, 6.07) is 9.71. The first-order valence-electron chi connectivity index (χ1n) is 5.42. The Morgan fingerprint density at radius 3 is 2.72 bits per heavy atom. The van der Waals surface area contributed by atoms with E-state index in [1.54, 1.807) is 13.3 Å². The molecule has 18 heavy (non-hydrogen) atoms. The van der Waals surface area contributed by atoms with Crippen molar-refractivity contribution in [3.8, 4) is 17.1 Å². The predicted molar refractivity (Wildman–Crippen MR) is 73.6 cm³/mol. The van der Waals surface area contributed by atoms with Crippen LogP contribution in [-0.4, -0.2) is 22.1 Å². The Balaban J connectivity index is 2.07. The quantitative estimate of drug-likeness (QED) is 0.789. The van der Waals surface area contributed by atoms with Crippen LogP contribution in [0.15, 0.2) is 41.0 Å². The molecule has 0 radical (unpaired) electrons. The summed E-state index contributed by atoms with van der Waals surface area (Å²) in [5, 5.41) is 0. The number of rotatable bonds is 2. The number of halogens is 1. The maximum Gasteiger partial charge on any atom is 0.178 e. The van der Waals surface area contributed by atoms with Gasteiger partial charge in [0.1, 0.15) is 11.6 Å². The van der Waals surface area contributed by atoms with Crippen LogP contribution in [0.25, 0.3) is 22.6 Å². The Hall–Kier alpha value is -1.88. The number of H-pyrrole nitrogens is 1. The number of aromatic nitrogens is 3. The summed E-state index contributed by atoms with van der Waals surface area (Å²) in [5.74, 6) is 1.63. The van der Waals surface area contributed by atoms with Gasteiger partial charge < -0.3 is 9.72 Å². The van der Waals surface area contributed by atoms with E-state index in [1.165, 1.54) is 0 Å². The molecule has 0 fully saturated rings. The molecule has 0 unspecified atom stereocenters. The second-order valence-electron chi connectivity index (χ2n) is 3.84. The molecule has 90 valence electrons. The summed E-state index contributed by atoms with van der Waals surface area (Å²) in [7, 11) is 1.65. The minimum atomic E-state index is 0.712. The highest BCUT2D eigenvalue weighted by Gasteiger charge is 2.06. The Kier molecular flexibility index (Phi) is 2.76. The van der Waals surface area contributed by atoms with Gasteiger partial charge in [0.2, 0.25) is 0 Å². The summed E-state index contributed by atoms with van der Waals surface area (Å²) < 4.78 is 6.06.